The Morgan fingerprint density at radius 2 is 1.97 bits per heavy atom. The number of anilines is 2. The van der Waals surface area contributed by atoms with Gasteiger partial charge < -0.3 is 4.90 Å². The zero-order chi connectivity index (χ0) is 22.5. The van der Waals surface area contributed by atoms with Crippen LogP contribution in [0.2, 0.25) is 0 Å². The lowest BCUT2D eigenvalue weighted by molar-refractivity contribution is -0.117. The zero-order valence-corrected chi connectivity index (χ0v) is 19.8. The molecule has 2 amide bonds. The van der Waals surface area contributed by atoms with Gasteiger partial charge in [0, 0.05) is 29.5 Å². The summed E-state index contributed by atoms with van der Waals surface area (Å²) in [7, 11) is 0. The van der Waals surface area contributed by atoms with Crippen LogP contribution in [0.5, 0.6) is 0 Å². The summed E-state index contributed by atoms with van der Waals surface area (Å²) >= 11 is 3.04. The molecule has 0 bridgehead atoms. The topological polar surface area (TPSA) is 75.2 Å². The summed E-state index contributed by atoms with van der Waals surface area (Å²) in [5, 5.41) is 12.6. The minimum atomic E-state index is -0.184. The average molecular weight is 467 g/mol. The monoisotopic (exact) mass is 466 g/mol. The van der Waals surface area contributed by atoms with Crippen molar-refractivity contribution >= 4 is 45.7 Å². The molecule has 2 heterocycles. The van der Waals surface area contributed by atoms with Crippen molar-refractivity contribution in [3.63, 3.8) is 0 Å². The van der Waals surface area contributed by atoms with Gasteiger partial charge in [-0.15, -0.1) is 22.0 Å². The Morgan fingerprint density at radius 1 is 1.19 bits per heavy atom. The number of amides is 2. The van der Waals surface area contributed by atoms with Crippen LogP contribution in [-0.2, 0) is 4.79 Å². The van der Waals surface area contributed by atoms with Crippen molar-refractivity contribution in [2.24, 2.45) is 0 Å². The third kappa shape index (κ3) is 5.02. The van der Waals surface area contributed by atoms with E-state index in [1.165, 1.54) is 11.3 Å². The van der Waals surface area contributed by atoms with Gasteiger partial charge in [-0.1, -0.05) is 55.0 Å². The lowest BCUT2D eigenvalue weighted by Gasteiger charge is -2.18. The summed E-state index contributed by atoms with van der Waals surface area (Å²) in [6.07, 6.45) is 2.63. The summed E-state index contributed by atoms with van der Waals surface area (Å²) in [5.74, 6) is 0.859. The molecule has 32 heavy (non-hydrogen) atoms. The number of aryl methyl sites for hydroxylation is 1. The number of nitrogens with zero attached hydrogens (tertiary/aromatic N) is 3. The van der Waals surface area contributed by atoms with Gasteiger partial charge in [-0.3, -0.25) is 14.9 Å². The Balaban J connectivity index is 1.43. The van der Waals surface area contributed by atoms with Crippen LogP contribution in [0.4, 0.5) is 10.8 Å². The Hall–Kier alpha value is -2.71. The molecular weight excluding hydrogens is 440 g/mol. The molecule has 1 aliphatic heterocycles. The number of carbonyl (C=O) groups is 2. The number of nitrogens with one attached hydrogen (secondary N) is 1. The van der Waals surface area contributed by atoms with Crippen molar-refractivity contribution in [1.29, 1.82) is 0 Å². The molecule has 2 aromatic carbocycles. The van der Waals surface area contributed by atoms with Crippen LogP contribution in [0.15, 0.2) is 53.4 Å². The van der Waals surface area contributed by atoms with Crippen LogP contribution >= 0.6 is 23.1 Å². The van der Waals surface area contributed by atoms with Crippen molar-refractivity contribution in [3.05, 3.63) is 64.7 Å². The molecule has 1 saturated heterocycles. The van der Waals surface area contributed by atoms with Crippen molar-refractivity contribution < 1.29 is 9.59 Å². The molecule has 1 aliphatic rings. The predicted octanol–water partition coefficient (Wildman–Crippen LogP) is 5.51. The van der Waals surface area contributed by atoms with Crippen LogP contribution in [0, 0.1) is 6.92 Å². The number of unbranched alkanes of at least 4 members (excludes halogenated alkanes) is 1. The molecule has 166 valence electrons. The average Bonchev–Trinajstić information content (AvgIpc) is 3.41. The Labute approximate surface area is 196 Å². The number of hydrogen-bond acceptors (Lipinski definition) is 6. The van der Waals surface area contributed by atoms with E-state index in [1.54, 1.807) is 11.8 Å². The standard InChI is InChI=1S/C24H26N4O2S2/c1-3-4-13-31-20-12-8-6-10-18(20)22(30)25-24-27-26-23(32-24)17-14-21(29)28(15-17)19-11-7-5-9-16(19)2/h5-12,17H,3-4,13-15H2,1-2H3,(H,25,27,30). The van der Waals surface area contributed by atoms with E-state index >= 15 is 0 Å². The second-order valence-electron chi connectivity index (χ2n) is 7.79. The number of benzene rings is 2. The number of carbonyl (C=O) groups excluding carboxylic acids is 2. The first-order valence-corrected chi connectivity index (χ1v) is 12.6. The number of para-hydroxylation sites is 1. The highest BCUT2D eigenvalue weighted by Gasteiger charge is 2.34. The number of hydrogen-bond donors (Lipinski definition) is 1. The summed E-state index contributed by atoms with van der Waals surface area (Å²) < 4.78 is 0. The second-order valence-corrected chi connectivity index (χ2v) is 9.94. The normalized spacial score (nSPS) is 15.9. The second kappa shape index (κ2) is 10.3. The van der Waals surface area contributed by atoms with Crippen LogP contribution < -0.4 is 10.2 Å². The maximum Gasteiger partial charge on any atom is 0.258 e. The molecule has 1 fully saturated rings. The predicted molar refractivity (Wildman–Crippen MR) is 131 cm³/mol. The summed E-state index contributed by atoms with van der Waals surface area (Å²) in [6.45, 7) is 4.74. The minimum Gasteiger partial charge on any atom is -0.311 e. The van der Waals surface area contributed by atoms with Gasteiger partial charge in [0.05, 0.1) is 5.56 Å². The Morgan fingerprint density at radius 3 is 2.78 bits per heavy atom. The van der Waals surface area contributed by atoms with E-state index < -0.39 is 0 Å². The number of thioether (sulfide) groups is 1. The van der Waals surface area contributed by atoms with E-state index in [1.807, 2.05) is 60.4 Å². The molecule has 6 nitrogen and oxygen atoms in total. The van der Waals surface area contributed by atoms with Crippen molar-refractivity contribution in [2.45, 2.75) is 43.9 Å². The van der Waals surface area contributed by atoms with E-state index in [2.05, 4.69) is 22.4 Å². The van der Waals surface area contributed by atoms with Crippen LogP contribution in [0.3, 0.4) is 0 Å². The van der Waals surface area contributed by atoms with Gasteiger partial charge in [-0.05, 0) is 42.9 Å². The number of aromatic nitrogens is 2. The Kier molecular flexibility index (Phi) is 7.22. The molecule has 1 N–H and O–H groups in total. The third-order valence-electron chi connectivity index (χ3n) is 5.43. The molecular formula is C24H26N4O2S2. The molecule has 0 radical (unpaired) electrons. The maximum absolute atomic E-state index is 12.9. The van der Waals surface area contributed by atoms with Gasteiger partial charge in [0.15, 0.2) is 0 Å². The highest BCUT2D eigenvalue weighted by molar-refractivity contribution is 7.99. The lowest BCUT2D eigenvalue weighted by atomic mass is 10.1. The molecule has 8 heteroatoms. The fourth-order valence-corrected chi connectivity index (χ4v) is 5.67. The first-order valence-electron chi connectivity index (χ1n) is 10.8. The van der Waals surface area contributed by atoms with Crippen molar-refractivity contribution in [3.8, 4) is 0 Å². The Bertz CT molecular complexity index is 1110. The highest BCUT2D eigenvalue weighted by Crippen LogP contribution is 2.35. The first kappa shape index (κ1) is 22.5. The maximum atomic E-state index is 12.9. The van der Waals surface area contributed by atoms with Crippen LogP contribution in [-0.4, -0.2) is 34.3 Å². The summed E-state index contributed by atoms with van der Waals surface area (Å²) in [4.78, 5) is 28.3. The largest absolute Gasteiger partial charge is 0.311 e. The molecule has 1 unspecified atom stereocenters. The molecule has 0 saturated carbocycles. The van der Waals surface area contributed by atoms with E-state index in [-0.39, 0.29) is 17.7 Å². The molecule has 1 atom stereocenters. The highest BCUT2D eigenvalue weighted by atomic mass is 32.2. The van der Waals surface area contributed by atoms with Gasteiger partial charge in [0.25, 0.3) is 5.91 Å². The minimum absolute atomic E-state index is 0.0258. The fraction of sp³-hybridized carbons (Fsp3) is 0.333. The molecule has 0 aliphatic carbocycles. The first-order chi connectivity index (χ1) is 15.6. The van der Waals surface area contributed by atoms with Gasteiger partial charge in [-0.25, -0.2) is 0 Å². The van der Waals surface area contributed by atoms with E-state index in [0.29, 0.717) is 23.7 Å². The van der Waals surface area contributed by atoms with E-state index in [9.17, 15) is 9.59 Å². The smallest absolute Gasteiger partial charge is 0.258 e. The molecule has 3 aromatic rings. The van der Waals surface area contributed by atoms with Crippen LogP contribution in [0.1, 0.15) is 53.0 Å². The van der Waals surface area contributed by atoms with Crippen molar-refractivity contribution in [2.75, 3.05) is 22.5 Å². The SMILES string of the molecule is CCCCSc1ccccc1C(=O)Nc1nnc(C2CC(=O)N(c3ccccc3C)C2)s1. The lowest BCUT2D eigenvalue weighted by Crippen LogP contribution is -2.25. The van der Waals surface area contributed by atoms with Crippen LogP contribution in [0.25, 0.3) is 0 Å². The molecule has 1 aromatic heterocycles. The quantitative estimate of drug-likeness (QED) is 0.350. The van der Waals surface area contributed by atoms with Gasteiger partial charge in [-0.2, -0.15) is 0 Å². The third-order valence-corrected chi connectivity index (χ3v) is 7.59. The van der Waals surface area contributed by atoms with Gasteiger partial charge in [0.2, 0.25) is 11.0 Å². The number of rotatable bonds is 8. The summed E-state index contributed by atoms with van der Waals surface area (Å²) in [5.41, 5.74) is 2.66. The van der Waals surface area contributed by atoms with Gasteiger partial charge >= 0.3 is 0 Å². The molecule has 4 rings (SSSR count). The summed E-state index contributed by atoms with van der Waals surface area (Å²) in [6, 6.07) is 15.5. The van der Waals surface area contributed by atoms with E-state index in [4.69, 9.17) is 0 Å². The van der Waals surface area contributed by atoms with Gasteiger partial charge in [0.1, 0.15) is 5.01 Å². The van der Waals surface area contributed by atoms with E-state index in [0.717, 1.165) is 39.7 Å². The molecule has 0 spiro atoms. The van der Waals surface area contributed by atoms with Crippen molar-refractivity contribution in [1.82, 2.24) is 10.2 Å². The zero-order valence-electron chi connectivity index (χ0n) is 18.2. The fourth-order valence-electron chi connectivity index (χ4n) is 3.69.